The molecule has 2 bridgehead atoms. The van der Waals surface area contributed by atoms with Gasteiger partial charge < -0.3 is 14.2 Å². The molecule has 4 atom stereocenters. The molecule has 8 rings (SSSR count). The summed E-state index contributed by atoms with van der Waals surface area (Å²) in [6.45, 7) is 0. The quantitative estimate of drug-likeness (QED) is 0.171. The van der Waals surface area contributed by atoms with Gasteiger partial charge >= 0.3 is 0 Å². The molecule has 1 saturated heterocycles. The van der Waals surface area contributed by atoms with Gasteiger partial charge in [-0.25, -0.2) is 4.90 Å². The fourth-order valence-electron chi connectivity index (χ4n) is 8.63. The van der Waals surface area contributed by atoms with Gasteiger partial charge in [-0.2, -0.15) is 0 Å². The predicted molar refractivity (Wildman–Crippen MR) is 187 cm³/mol. The third-order valence-corrected chi connectivity index (χ3v) is 10.5. The zero-order chi connectivity index (χ0) is 33.9. The van der Waals surface area contributed by atoms with E-state index in [1.165, 1.54) is 4.90 Å². The lowest BCUT2D eigenvalue weighted by Gasteiger charge is -2.39. The summed E-state index contributed by atoms with van der Waals surface area (Å²) in [5.74, 6) is -1.11. The second kappa shape index (κ2) is 11.3. The van der Waals surface area contributed by atoms with Crippen molar-refractivity contribution in [3.05, 3.63) is 156 Å². The number of anilines is 1. The lowest BCUT2D eigenvalue weighted by Crippen LogP contribution is -2.45. The molecule has 0 unspecified atom stereocenters. The molecule has 0 spiro atoms. The van der Waals surface area contributed by atoms with Crippen LogP contribution in [0.1, 0.15) is 22.3 Å². The number of amides is 2. The van der Waals surface area contributed by atoms with Crippen molar-refractivity contribution in [2.75, 3.05) is 26.2 Å². The molecule has 2 fully saturated rings. The van der Waals surface area contributed by atoms with Crippen LogP contribution in [-0.2, 0) is 25.2 Å². The van der Waals surface area contributed by atoms with E-state index in [0.717, 1.165) is 11.1 Å². The van der Waals surface area contributed by atoms with Crippen LogP contribution in [0.2, 0.25) is 0 Å². The van der Waals surface area contributed by atoms with Crippen molar-refractivity contribution < 1.29 is 28.6 Å². The number of fused-ring (bicyclic) bond motifs is 5. The predicted octanol–water partition coefficient (Wildman–Crippen LogP) is 6.90. The first-order valence-electron chi connectivity index (χ1n) is 16.1. The highest BCUT2D eigenvalue weighted by Gasteiger charge is 2.82. The van der Waals surface area contributed by atoms with Gasteiger partial charge in [0.25, 0.3) is 0 Å². The van der Waals surface area contributed by atoms with Gasteiger partial charge in [-0.3, -0.25) is 14.4 Å². The molecule has 5 aromatic carbocycles. The first-order chi connectivity index (χ1) is 23.9. The molecule has 3 aliphatic rings. The summed E-state index contributed by atoms with van der Waals surface area (Å²) in [5.41, 5.74) is 1.71. The fraction of sp³-hybridized carbons (Fsp3) is 0.167. The lowest BCUT2D eigenvalue weighted by molar-refractivity contribution is -0.130. The molecule has 1 saturated carbocycles. The molecule has 49 heavy (non-hydrogen) atoms. The monoisotopic (exact) mass is 647 g/mol. The number of ketones is 1. The number of Topliss-reactive ketones (excluding diaryl/α,β-unsaturated/α-hetero) is 1. The summed E-state index contributed by atoms with van der Waals surface area (Å²) < 4.78 is 16.4. The van der Waals surface area contributed by atoms with Crippen molar-refractivity contribution in [2.24, 2.45) is 11.8 Å². The molecule has 1 heterocycles. The Morgan fingerprint density at radius 3 is 1.16 bits per heavy atom. The van der Waals surface area contributed by atoms with Crippen LogP contribution in [0.25, 0.3) is 11.1 Å². The van der Waals surface area contributed by atoms with Crippen LogP contribution in [-0.4, -0.2) is 38.9 Å². The molecule has 0 N–H and O–H groups in total. The number of hydrogen-bond acceptors (Lipinski definition) is 6. The molecule has 2 aliphatic carbocycles. The average molecular weight is 648 g/mol. The van der Waals surface area contributed by atoms with E-state index >= 15 is 14.4 Å². The van der Waals surface area contributed by atoms with Crippen LogP contribution < -0.4 is 19.1 Å². The lowest BCUT2D eigenvalue weighted by atomic mass is 9.59. The largest absolute Gasteiger partial charge is 0.497 e. The smallest absolute Gasteiger partial charge is 0.239 e. The molecule has 242 valence electrons. The van der Waals surface area contributed by atoms with Gasteiger partial charge in [0.1, 0.15) is 17.2 Å². The minimum Gasteiger partial charge on any atom is -0.497 e. The molecule has 2 amide bonds. The number of nitrogens with zero attached hydrogens (tertiary/aromatic N) is 1. The number of allylic oxidation sites excluding steroid dienone is 2. The Morgan fingerprint density at radius 2 is 0.816 bits per heavy atom. The van der Waals surface area contributed by atoms with Gasteiger partial charge in [-0.1, -0.05) is 84.9 Å². The summed E-state index contributed by atoms with van der Waals surface area (Å²) in [4.78, 5) is 47.5. The second-order valence-corrected chi connectivity index (χ2v) is 12.5. The number of rotatable bonds is 8. The maximum atomic E-state index is 16.0. The summed E-state index contributed by atoms with van der Waals surface area (Å²) in [6, 6.07) is 41.0. The Labute approximate surface area is 284 Å². The zero-order valence-electron chi connectivity index (χ0n) is 27.3. The summed E-state index contributed by atoms with van der Waals surface area (Å²) >= 11 is 0. The molecule has 7 heteroatoms. The summed E-state index contributed by atoms with van der Waals surface area (Å²) in [6.07, 6.45) is 0. The number of benzene rings is 5. The standard InChI is InChI=1S/C42H33NO6/c1-47-31-20-14-26(15-21-31)34-35(27-16-22-32(48-2)23-17-27)42(29-12-8-5-9-13-29)37-36(41(34,40(42)46)28-10-6-4-7-11-28)38(44)43(39(37)45)30-18-24-33(49-3)25-19-30/h4-25,36-37H,1-3H3/t36-,37+,41-,42-/m1/s1. The van der Waals surface area contributed by atoms with Crippen molar-refractivity contribution in [3.63, 3.8) is 0 Å². The highest BCUT2D eigenvalue weighted by Crippen LogP contribution is 2.74. The van der Waals surface area contributed by atoms with E-state index in [9.17, 15) is 0 Å². The Bertz CT molecular complexity index is 2000. The van der Waals surface area contributed by atoms with Crippen LogP contribution >= 0.6 is 0 Å². The average Bonchev–Trinajstić information content (AvgIpc) is 3.67. The van der Waals surface area contributed by atoms with Gasteiger partial charge in [0.05, 0.1) is 49.7 Å². The van der Waals surface area contributed by atoms with Gasteiger partial charge in [0.15, 0.2) is 5.78 Å². The van der Waals surface area contributed by atoms with E-state index in [-0.39, 0.29) is 5.78 Å². The minimum absolute atomic E-state index is 0.180. The summed E-state index contributed by atoms with van der Waals surface area (Å²) in [7, 11) is 4.78. The van der Waals surface area contributed by atoms with E-state index in [1.54, 1.807) is 45.6 Å². The van der Waals surface area contributed by atoms with Crippen molar-refractivity contribution in [1.82, 2.24) is 0 Å². The van der Waals surface area contributed by atoms with Crippen LogP contribution in [0, 0.1) is 11.8 Å². The number of methoxy groups -OCH3 is 3. The number of ether oxygens (including phenoxy) is 3. The van der Waals surface area contributed by atoms with Crippen LogP contribution in [0.5, 0.6) is 17.2 Å². The second-order valence-electron chi connectivity index (χ2n) is 12.5. The van der Waals surface area contributed by atoms with Crippen molar-refractivity contribution in [2.45, 2.75) is 10.8 Å². The van der Waals surface area contributed by atoms with Crippen LogP contribution in [0.4, 0.5) is 5.69 Å². The van der Waals surface area contributed by atoms with Crippen molar-refractivity contribution >= 4 is 34.4 Å². The molecule has 1 aliphatic heterocycles. The van der Waals surface area contributed by atoms with Gasteiger partial charge in [-0.05, 0) is 81.9 Å². The Morgan fingerprint density at radius 1 is 0.469 bits per heavy atom. The van der Waals surface area contributed by atoms with Gasteiger partial charge in [0.2, 0.25) is 11.8 Å². The Balaban J connectivity index is 1.52. The normalized spacial score (nSPS) is 24.0. The number of imide groups is 1. The molecule has 7 nitrogen and oxygen atoms in total. The third-order valence-electron chi connectivity index (χ3n) is 10.5. The summed E-state index contributed by atoms with van der Waals surface area (Å²) in [5, 5.41) is 0. The van der Waals surface area contributed by atoms with E-state index in [2.05, 4.69) is 0 Å². The molecule has 5 aromatic rings. The van der Waals surface area contributed by atoms with Gasteiger partial charge in [-0.15, -0.1) is 0 Å². The number of carbonyl (C=O) groups is 3. The SMILES string of the molecule is COc1ccc(C2=C(c3ccc(OC)cc3)[C@@]3(c4ccccc4)C(=O)[C@@]2(c2ccccc2)[C@@H]2C(=O)N(c4ccc(OC)cc4)C(=O)[C@@H]23)cc1. The van der Waals surface area contributed by atoms with Crippen molar-refractivity contribution in [1.29, 1.82) is 0 Å². The maximum absolute atomic E-state index is 16.0. The Kier molecular flexibility index (Phi) is 7.03. The molecular weight excluding hydrogens is 614 g/mol. The van der Waals surface area contributed by atoms with Crippen molar-refractivity contribution in [3.8, 4) is 17.2 Å². The van der Waals surface area contributed by atoms with Gasteiger partial charge in [0, 0.05) is 0 Å². The fourth-order valence-corrected chi connectivity index (χ4v) is 8.63. The third kappa shape index (κ3) is 3.99. The maximum Gasteiger partial charge on any atom is 0.239 e. The molecule has 0 radical (unpaired) electrons. The minimum atomic E-state index is -1.50. The van der Waals surface area contributed by atoms with Crippen LogP contribution in [0.3, 0.4) is 0 Å². The molecular formula is C42H33NO6. The number of carbonyl (C=O) groups excluding carboxylic acids is 3. The van der Waals surface area contributed by atoms with E-state index in [1.807, 2.05) is 109 Å². The molecule has 0 aromatic heterocycles. The van der Waals surface area contributed by atoms with Crippen LogP contribution in [0.15, 0.2) is 133 Å². The first-order valence-corrected chi connectivity index (χ1v) is 16.1. The van der Waals surface area contributed by atoms with E-state index in [0.29, 0.717) is 45.2 Å². The first kappa shape index (κ1) is 30.4. The highest BCUT2D eigenvalue weighted by molar-refractivity contribution is 6.39. The Hall–Kier alpha value is -5.95. The topological polar surface area (TPSA) is 82.1 Å². The highest BCUT2D eigenvalue weighted by atomic mass is 16.5. The van der Waals surface area contributed by atoms with E-state index < -0.39 is 34.5 Å². The zero-order valence-corrected chi connectivity index (χ0v) is 27.3. The van der Waals surface area contributed by atoms with E-state index in [4.69, 9.17) is 14.2 Å². The number of hydrogen-bond donors (Lipinski definition) is 0.